The van der Waals surface area contributed by atoms with Crippen LogP contribution in [0.2, 0.25) is 5.15 Å². The van der Waals surface area contributed by atoms with Gasteiger partial charge in [0.2, 0.25) is 5.91 Å². The molecule has 0 bridgehead atoms. The first-order chi connectivity index (χ1) is 8.65. The molecular formula is C10H11ClN6O. The lowest BCUT2D eigenvalue weighted by Gasteiger charge is -2.14. The zero-order valence-corrected chi connectivity index (χ0v) is 10.4. The van der Waals surface area contributed by atoms with E-state index >= 15 is 0 Å². The van der Waals surface area contributed by atoms with Crippen LogP contribution in [0.15, 0.2) is 12.4 Å². The van der Waals surface area contributed by atoms with Gasteiger partial charge in [-0.25, -0.2) is 0 Å². The smallest absolute Gasteiger partial charge is 0.255 e. The number of nitrogens with one attached hydrogen (secondary N) is 1. The van der Waals surface area contributed by atoms with E-state index in [1.54, 1.807) is 18.0 Å². The van der Waals surface area contributed by atoms with Crippen molar-refractivity contribution in [3.8, 4) is 0 Å². The number of fused-ring (bicyclic) bond motifs is 1. The van der Waals surface area contributed by atoms with E-state index in [0.29, 0.717) is 16.7 Å². The molecule has 3 heterocycles. The highest BCUT2D eigenvalue weighted by atomic mass is 35.5. The monoisotopic (exact) mass is 266 g/mol. The molecule has 1 saturated heterocycles. The van der Waals surface area contributed by atoms with Crippen LogP contribution >= 0.6 is 11.6 Å². The molecule has 3 rings (SSSR count). The molecule has 0 radical (unpaired) electrons. The van der Waals surface area contributed by atoms with Crippen molar-refractivity contribution in [1.29, 1.82) is 0 Å². The summed E-state index contributed by atoms with van der Waals surface area (Å²) >= 11 is 5.90. The van der Waals surface area contributed by atoms with Crippen molar-refractivity contribution in [2.24, 2.45) is 0 Å². The average Bonchev–Trinajstić information content (AvgIpc) is 2.90. The number of likely N-dealkylation sites (N-methyl/N-ethyl adjacent to an activating group) is 1. The van der Waals surface area contributed by atoms with Gasteiger partial charge in [-0.2, -0.15) is 19.6 Å². The fourth-order valence-electron chi connectivity index (χ4n) is 2.02. The molecule has 0 spiro atoms. The first-order valence-electron chi connectivity index (χ1n) is 5.53. The summed E-state index contributed by atoms with van der Waals surface area (Å²) in [6.07, 6.45) is 2.15. The van der Waals surface area contributed by atoms with Gasteiger partial charge in [0, 0.05) is 19.7 Å². The fourth-order valence-corrected chi connectivity index (χ4v) is 2.20. The van der Waals surface area contributed by atoms with Crippen LogP contribution in [0, 0.1) is 0 Å². The summed E-state index contributed by atoms with van der Waals surface area (Å²) in [4.78, 5) is 21.5. The van der Waals surface area contributed by atoms with Gasteiger partial charge in [-0.05, 0) is 6.42 Å². The van der Waals surface area contributed by atoms with Crippen molar-refractivity contribution in [3.63, 3.8) is 0 Å². The quantitative estimate of drug-likeness (QED) is 0.798. The van der Waals surface area contributed by atoms with Crippen LogP contribution in [-0.4, -0.2) is 50.0 Å². The Morgan fingerprint density at radius 2 is 2.39 bits per heavy atom. The summed E-state index contributed by atoms with van der Waals surface area (Å²) in [7, 11) is 1.79. The second kappa shape index (κ2) is 4.09. The normalized spacial score (nSPS) is 19.8. The first kappa shape index (κ1) is 11.2. The number of carbonyl (C=O) groups is 1. The summed E-state index contributed by atoms with van der Waals surface area (Å²) < 4.78 is 1.53. The Kier molecular flexibility index (Phi) is 2.55. The molecule has 1 amide bonds. The van der Waals surface area contributed by atoms with Gasteiger partial charge in [0.15, 0.2) is 0 Å². The van der Waals surface area contributed by atoms with Gasteiger partial charge in [-0.3, -0.25) is 4.79 Å². The number of anilines is 1. The number of rotatable bonds is 2. The second-order valence-electron chi connectivity index (χ2n) is 4.18. The van der Waals surface area contributed by atoms with Gasteiger partial charge in [-0.15, -0.1) is 0 Å². The maximum absolute atomic E-state index is 11.8. The van der Waals surface area contributed by atoms with E-state index in [9.17, 15) is 4.79 Å². The molecule has 0 aromatic carbocycles. The molecule has 18 heavy (non-hydrogen) atoms. The Morgan fingerprint density at radius 3 is 3.11 bits per heavy atom. The third kappa shape index (κ3) is 1.76. The van der Waals surface area contributed by atoms with E-state index in [2.05, 4.69) is 20.4 Å². The van der Waals surface area contributed by atoms with Crippen LogP contribution < -0.4 is 5.32 Å². The van der Waals surface area contributed by atoms with Gasteiger partial charge in [0.1, 0.15) is 23.3 Å². The Balaban J connectivity index is 1.95. The number of hydrogen-bond donors (Lipinski definition) is 1. The van der Waals surface area contributed by atoms with Crippen LogP contribution in [0.25, 0.3) is 5.78 Å². The van der Waals surface area contributed by atoms with Crippen LogP contribution in [0.1, 0.15) is 6.42 Å². The van der Waals surface area contributed by atoms with Gasteiger partial charge < -0.3 is 10.2 Å². The van der Waals surface area contributed by atoms with Crippen LogP contribution in [-0.2, 0) is 4.79 Å². The molecule has 8 heteroatoms. The van der Waals surface area contributed by atoms with Gasteiger partial charge in [0.05, 0.1) is 0 Å². The van der Waals surface area contributed by atoms with Crippen molar-refractivity contribution in [2.45, 2.75) is 12.5 Å². The number of hydrogen-bond acceptors (Lipinski definition) is 5. The van der Waals surface area contributed by atoms with E-state index < -0.39 is 0 Å². The van der Waals surface area contributed by atoms with Gasteiger partial charge in [-0.1, -0.05) is 11.6 Å². The van der Waals surface area contributed by atoms with Crippen LogP contribution in [0.4, 0.5) is 5.82 Å². The molecule has 1 fully saturated rings. The highest BCUT2D eigenvalue weighted by Crippen LogP contribution is 2.19. The average molecular weight is 267 g/mol. The summed E-state index contributed by atoms with van der Waals surface area (Å²) in [5.41, 5.74) is 0. The summed E-state index contributed by atoms with van der Waals surface area (Å²) in [6, 6.07) is 1.38. The largest absolute Gasteiger partial charge is 0.358 e. The molecule has 1 N–H and O–H groups in total. The van der Waals surface area contributed by atoms with Crippen molar-refractivity contribution in [1.82, 2.24) is 24.5 Å². The van der Waals surface area contributed by atoms with E-state index in [1.165, 1.54) is 10.8 Å². The van der Waals surface area contributed by atoms with Crippen LogP contribution in [0.5, 0.6) is 0 Å². The minimum atomic E-state index is -0.249. The molecule has 2 aromatic heterocycles. The number of likely N-dealkylation sites (tertiary alicyclic amines) is 1. The van der Waals surface area contributed by atoms with Crippen molar-refractivity contribution < 1.29 is 4.79 Å². The standard InChI is InChI=1S/C10H11ClN6O/c1-16-3-2-6(9(16)18)14-8-4-7(11)15-10-12-5-13-17(8)10/h4-6,14H,2-3H2,1H3. The second-order valence-corrected chi connectivity index (χ2v) is 4.57. The van der Waals surface area contributed by atoms with Crippen molar-refractivity contribution in [3.05, 3.63) is 17.5 Å². The first-order valence-corrected chi connectivity index (χ1v) is 5.91. The number of halogens is 1. The summed E-state index contributed by atoms with van der Waals surface area (Å²) in [6.45, 7) is 0.746. The predicted octanol–water partition coefficient (Wildman–Crippen LogP) is 0.420. The molecule has 2 aromatic rings. The van der Waals surface area contributed by atoms with Crippen LogP contribution in [0.3, 0.4) is 0 Å². The third-order valence-corrected chi connectivity index (χ3v) is 3.16. The zero-order chi connectivity index (χ0) is 12.7. The highest BCUT2D eigenvalue weighted by Gasteiger charge is 2.29. The Hall–Kier alpha value is -1.89. The molecule has 1 aliphatic heterocycles. The molecule has 0 saturated carbocycles. The molecule has 1 unspecified atom stereocenters. The highest BCUT2D eigenvalue weighted by molar-refractivity contribution is 6.29. The molecule has 0 aliphatic carbocycles. The fraction of sp³-hybridized carbons (Fsp3) is 0.400. The summed E-state index contributed by atoms with van der Waals surface area (Å²) in [5, 5.41) is 7.50. The van der Waals surface area contributed by atoms with E-state index in [1.807, 2.05) is 0 Å². The van der Waals surface area contributed by atoms with Crippen molar-refractivity contribution in [2.75, 3.05) is 18.9 Å². The number of nitrogens with zero attached hydrogens (tertiary/aromatic N) is 5. The SMILES string of the molecule is CN1CCC(Nc2cc(Cl)nc3ncnn23)C1=O. The predicted molar refractivity (Wildman–Crippen MR) is 65.5 cm³/mol. The molecule has 7 nitrogen and oxygen atoms in total. The number of amides is 1. The maximum Gasteiger partial charge on any atom is 0.255 e. The summed E-state index contributed by atoms with van der Waals surface area (Å²) in [5.74, 6) is 1.09. The van der Waals surface area contributed by atoms with Crippen molar-refractivity contribution >= 4 is 29.1 Å². The van der Waals surface area contributed by atoms with E-state index in [0.717, 1.165) is 13.0 Å². The minimum absolute atomic E-state index is 0.0659. The lowest BCUT2D eigenvalue weighted by atomic mass is 10.2. The zero-order valence-electron chi connectivity index (χ0n) is 9.67. The van der Waals surface area contributed by atoms with E-state index in [-0.39, 0.29) is 11.9 Å². The molecule has 1 atom stereocenters. The van der Waals surface area contributed by atoms with Gasteiger partial charge >= 0.3 is 0 Å². The Morgan fingerprint density at radius 1 is 1.56 bits per heavy atom. The van der Waals surface area contributed by atoms with E-state index in [4.69, 9.17) is 11.6 Å². The Labute approximate surface area is 108 Å². The lowest BCUT2D eigenvalue weighted by Crippen LogP contribution is -2.31. The number of aromatic nitrogens is 4. The lowest BCUT2D eigenvalue weighted by molar-refractivity contribution is -0.127. The third-order valence-electron chi connectivity index (χ3n) is 2.97. The van der Waals surface area contributed by atoms with Gasteiger partial charge in [0.25, 0.3) is 5.78 Å². The maximum atomic E-state index is 11.8. The molecule has 94 valence electrons. The Bertz CT molecular complexity index is 611. The minimum Gasteiger partial charge on any atom is -0.358 e. The molecular weight excluding hydrogens is 256 g/mol. The number of carbonyl (C=O) groups excluding carboxylic acids is 1. The molecule has 1 aliphatic rings. The topological polar surface area (TPSA) is 75.4 Å².